The zero-order chi connectivity index (χ0) is 17.9. The summed E-state index contributed by atoms with van der Waals surface area (Å²) in [5, 5.41) is 0. The van der Waals surface area contributed by atoms with Crippen molar-refractivity contribution in [3.8, 4) is 17.1 Å². The molecule has 0 atom stereocenters. The lowest BCUT2D eigenvalue weighted by Gasteiger charge is -2.31. The van der Waals surface area contributed by atoms with Crippen LogP contribution in [0.3, 0.4) is 0 Å². The summed E-state index contributed by atoms with van der Waals surface area (Å²) in [6, 6.07) is 13.8. The molecule has 1 aliphatic heterocycles. The van der Waals surface area contributed by atoms with E-state index in [9.17, 15) is 4.79 Å². The van der Waals surface area contributed by atoms with Crippen LogP contribution in [0.5, 0.6) is 0 Å². The Kier molecular flexibility index (Phi) is 4.50. The van der Waals surface area contributed by atoms with Crippen LogP contribution in [0.2, 0.25) is 0 Å². The Balaban J connectivity index is 1.73. The van der Waals surface area contributed by atoms with Gasteiger partial charge < -0.3 is 9.80 Å². The molecule has 1 aromatic carbocycles. The van der Waals surface area contributed by atoms with E-state index in [0.29, 0.717) is 5.69 Å². The van der Waals surface area contributed by atoms with Crippen molar-refractivity contribution in [1.29, 1.82) is 0 Å². The van der Waals surface area contributed by atoms with Crippen molar-refractivity contribution >= 4 is 5.91 Å². The normalized spacial score (nSPS) is 15.2. The first-order chi connectivity index (χ1) is 12.7. The van der Waals surface area contributed by atoms with E-state index in [1.54, 1.807) is 12.4 Å². The Hall–Kier alpha value is -2.99. The highest BCUT2D eigenvalue weighted by molar-refractivity contribution is 5.93. The van der Waals surface area contributed by atoms with Gasteiger partial charge in [-0.15, -0.1) is 0 Å². The number of carbonyl (C=O) groups excluding carboxylic acids is 1. The minimum absolute atomic E-state index is 0.0158. The molecule has 4 rings (SSSR count). The maximum absolute atomic E-state index is 13.0. The predicted molar refractivity (Wildman–Crippen MR) is 100 cm³/mol. The molecule has 6 heteroatoms. The fraction of sp³-hybridized carbons (Fsp3) is 0.250. The number of pyridine rings is 1. The van der Waals surface area contributed by atoms with Gasteiger partial charge in [-0.2, -0.15) is 0 Å². The van der Waals surface area contributed by atoms with E-state index in [1.165, 1.54) is 0 Å². The second-order valence-electron chi connectivity index (χ2n) is 6.49. The van der Waals surface area contributed by atoms with E-state index >= 15 is 0 Å². The number of imidazole rings is 1. The Morgan fingerprint density at radius 1 is 1.00 bits per heavy atom. The standard InChI is InChI=1S/C20H21N5O/c1-23-10-12-24(13-11-23)20(26)18-15-25(17-8-5-9-21-14-17)19(22-18)16-6-3-2-4-7-16/h2-9,14-15H,10-13H2,1H3. The Morgan fingerprint density at radius 3 is 2.46 bits per heavy atom. The average molecular weight is 347 g/mol. The smallest absolute Gasteiger partial charge is 0.274 e. The van der Waals surface area contributed by atoms with Gasteiger partial charge in [0.15, 0.2) is 0 Å². The molecule has 1 fully saturated rings. The number of carbonyl (C=O) groups is 1. The van der Waals surface area contributed by atoms with Crippen LogP contribution < -0.4 is 0 Å². The van der Waals surface area contributed by atoms with E-state index in [-0.39, 0.29) is 5.91 Å². The number of amides is 1. The first kappa shape index (κ1) is 16.5. The van der Waals surface area contributed by atoms with Gasteiger partial charge in [-0.05, 0) is 19.2 Å². The summed E-state index contributed by atoms with van der Waals surface area (Å²) in [5.74, 6) is 0.731. The fourth-order valence-electron chi connectivity index (χ4n) is 3.14. The third-order valence-electron chi connectivity index (χ3n) is 4.67. The first-order valence-electron chi connectivity index (χ1n) is 8.75. The topological polar surface area (TPSA) is 54.3 Å². The summed E-state index contributed by atoms with van der Waals surface area (Å²) in [4.78, 5) is 25.9. The summed E-state index contributed by atoms with van der Waals surface area (Å²) in [6.45, 7) is 3.24. The molecule has 0 spiro atoms. The molecule has 6 nitrogen and oxygen atoms in total. The molecule has 1 aliphatic rings. The van der Waals surface area contributed by atoms with Crippen LogP contribution in [0.1, 0.15) is 10.5 Å². The molecule has 3 aromatic rings. The van der Waals surface area contributed by atoms with Gasteiger partial charge in [0.05, 0.1) is 11.9 Å². The zero-order valence-corrected chi connectivity index (χ0v) is 14.7. The van der Waals surface area contributed by atoms with Gasteiger partial charge >= 0.3 is 0 Å². The second-order valence-corrected chi connectivity index (χ2v) is 6.49. The Morgan fingerprint density at radius 2 is 1.77 bits per heavy atom. The fourth-order valence-corrected chi connectivity index (χ4v) is 3.14. The number of aromatic nitrogens is 3. The maximum atomic E-state index is 13.0. The molecule has 0 aliphatic carbocycles. The number of likely N-dealkylation sites (N-methyl/N-ethyl adjacent to an activating group) is 1. The third kappa shape index (κ3) is 3.23. The molecule has 0 N–H and O–H groups in total. The van der Waals surface area contributed by atoms with Crippen LogP contribution in [0, 0.1) is 0 Å². The van der Waals surface area contributed by atoms with Gasteiger partial charge in [-0.3, -0.25) is 14.3 Å². The summed E-state index contributed by atoms with van der Waals surface area (Å²) in [7, 11) is 2.08. The zero-order valence-electron chi connectivity index (χ0n) is 14.7. The molecule has 3 heterocycles. The highest BCUT2D eigenvalue weighted by Crippen LogP contribution is 2.23. The molecule has 132 valence electrons. The first-order valence-corrected chi connectivity index (χ1v) is 8.75. The Labute approximate surface area is 152 Å². The van der Waals surface area contributed by atoms with Crippen LogP contribution in [0.4, 0.5) is 0 Å². The quantitative estimate of drug-likeness (QED) is 0.730. The Bertz CT molecular complexity index is 826. The molecule has 1 amide bonds. The van der Waals surface area contributed by atoms with Gasteiger partial charge in [0.2, 0.25) is 0 Å². The number of nitrogens with zero attached hydrogens (tertiary/aromatic N) is 5. The van der Waals surface area contributed by atoms with E-state index < -0.39 is 0 Å². The van der Waals surface area contributed by atoms with Gasteiger partial charge in [0.1, 0.15) is 11.5 Å². The van der Waals surface area contributed by atoms with Crippen molar-refractivity contribution in [2.24, 2.45) is 0 Å². The predicted octanol–water partition coefficient (Wildman–Crippen LogP) is 2.32. The number of benzene rings is 1. The lowest BCUT2D eigenvalue weighted by molar-refractivity contribution is 0.0659. The molecule has 2 aromatic heterocycles. The summed E-state index contributed by atoms with van der Waals surface area (Å²) in [5.41, 5.74) is 2.32. The van der Waals surface area contributed by atoms with Gasteiger partial charge in [-0.1, -0.05) is 30.3 Å². The monoisotopic (exact) mass is 347 g/mol. The highest BCUT2D eigenvalue weighted by Gasteiger charge is 2.24. The lowest BCUT2D eigenvalue weighted by atomic mass is 10.2. The van der Waals surface area contributed by atoms with Crippen LogP contribution >= 0.6 is 0 Å². The summed E-state index contributed by atoms with van der Waals surface area (Å²) < 4.78 is 1.94. The molecular weight excluding hydrogens is 326 g/mol. The van der Waals surface area contributed by atoms with Crippen molar-refractivity contribution in [2.45, 2.75) is 0 Å². The van der Waals surface area contributed by atoms with Crippen molar-refractivity contribution < 1.29 is 4.79 Å². The van der Waals surface area contributed by atoms with E-state index in [1.807, 2.05) is 58.1 Å². The number of rotatable bonds is 3. The van der Waals surface area contributed by atoms with Crippen LogP contribution in [0.15, 0.2) is 61.1 Å². The third-order valence-corrected chi connectivity index (χ3v) is 4.67. The summed E-state index contributed by atoms with van der Waals surface area (Å²) in [6.07, 6.45) is 5.33. The molecule has 0 saturated carbocycles. The van der Waals surface area contributed by atoms with E-state index in [4.69, 9.17) is 0 Å². The molecule has 1 saturated heterocycles. The molecule has 0 radical (unpaired) electrons. The van der Waals surface area contributed by atoms with Crippen molar-refractivity contribution in [3.05, 3.63) is 66.7 Å². The van der Waals surface area contributed by atoms with Gasteiger partial charge in [0, 0.05) is 44.1 Å². The maximum Gasteiger partial charge on any atom is 0.274 e. The molecule has 26 heavy (non-hydrogen) atoms. The van der Waals surface area contributed by atoms with Gasteiger partial charge in [0.25, 0.3) is 5.91 Å². The second kappa shape index (κ2) is 7.09. The number of hydrogen-bond donors (Lipinski definition) is 0. The molecular formula is C20H21N5O. The minimum Gasteiger partial charge on any atom is -0.335 e. The molecule has 0 unspecified atom stereocenters. The van der Waals surface area contributed by atoms with Crippen molar-refractivity contribution in [1.82, 2.24) is 24.3 Å². The largest absolute Gasteiger partial charge is 0.335 e. The van der Waals surface area contributed by atoms with E-state index in [2.05, 4.69) is 21.9 Å². The lowest BCUT2D eigenvalue weighted by Crippen LogP contribution is -2.47. The van der Waals surface area contributed by atoms with Crippen molar-refractivity contribution in [2.75, 3.05) is 33.2 Å². The SMILES string of the molecule is CN1CCN(C(=O)c2cn(-c3cccnc3)c(-c3ccccc3)n2)CC1. The van der Waals surface area contributed by atoms with Crippen LogP contribution in [-0.4, -0.2) is 63.5 Å². The number of piperazine rings is 1. The van der Waals surface area contributed by atoms with E-state index in [0.717, 1.165) is 43.3 Å². The molecule has 0 bridgehead atoms. The highest BCUT2D eigenvalue weighted by atomic mass is 16.2. The van der Waals surface area contributed by atoms with Crippen LogP contribution in [-0.2, 0) is 0 Å². The average Bonchev–Trinajstić information content (AvgIpc) is 3.15. The van der Waals surface area contributed by atoms with Crippen molar-refractivity contribution in [3.63, 3.8) is 0 Å². The summed E-state index contributed by atoms with van der Waals surface area (Å²) >= 11 is 0. The minimum atomic E-state index is -0.0158. The van der Waals surface area contributed by atoms with Crippen LogP contribution in [0.25, 0.3) is 17.1 Å². The van der Waals surface area contributed by atoms with Gasteiger partial charge in [-0.25, -0.2) is 4.98 Å². The number of hydrogen-bond acceptors (Lipinski definition) is 4.